The highest BCUT2D eigenvalue weighted by molar-refractivity contribution is 5.77. The van der Waals surface area contributed by atoms with Crippen LogP contribution in [0.1, 0.15) is 31.7 Å². The third kappa shape index (κ3) is 4.03. The maximum atomic E-state index is 14.1. The number of hydrogen-bond donors (Lipinski definition) is 1. The van der Waals surface area contributed by atoms with Crippen molar-refractivity contribution in [2.24, 2.45) is 0 Å². The molecule has 0 aliphatic carbocycles. The van der Waals surface area contributed by atoms with E-state index in [0.717, 1.165) is 11.1 Å². The number of aliphatic hydroxyl groups excluding tert-OH is 1. The molecule has 2 aromatic rings. The van der Waals surface area contributed by atoms with Gasteiger partial charge in [0.05, 0.1) is 18.7 Å². The first-order valence-electron chi connectivity index (χ1n) is 9.87. The minimum atomic E-state index is -0.332. The number of hydrogen-bond acceptors (Lipinski definition) is 3. The van der Waals surface area contributed by atoms with E-state index in [-0.39, 0.29) is 42.2 Å². The smallest absolute Gasteiger partial charge is 0.222 e. The Hall–Kier alpha value is -2.73. The van der Waals surface area contributed by atoms with E-state index < -0.39 is 0 Å². The van der Waals surface area contributed by atoms with Crippen molar-refractivity contribution in [3.8, 4) is 11.1 Å². The Balaban J connectivity index is 1.88. The number of likely N-dealkylation sites (tertiary alicyclic amines) is 1. The van der Waals surface area contributed by atoms with Gasteiger partial charge in [-0.3, -0.25) is 9.59 Å². The number of benzene rings is 2. The molecular formula is C23H27FN2O3. The van der Waals surface area contributed by atoms with Crippen molar-refractivity contribution in [3.05, 3.63) is 59.9 Å². The van der Waals surface area contributed by atoms with Gasteiger partial charge in [-0.15, -0.1) is 0 Å². The second-order valence-corrected chi connectivity index (χ2v) is 7.50. The number of amides is 2. The van der Waals surface area contributed by atoms with Crippen molar-refractivity contribution in [2.75, 3.05) is 20.2 Å². The summed E-state index contributed by atoms with van der Waals surface area (Å²) in [4.78, 5) is 27.5. The zero-order chi connectivity index (χ0) is 21.1. The second-order valence-electron chi connectivity index (χ2n) is 7.50. The van der Waals surface area contributed by atoms with Crippen LogP contribution in [-0.4, -0.2) is 59.0 Å². The van der Waals surface area contributed by atoms with Crippen molar-refractivity contribution in [1.29, 1.82) is 0 Å². The van der Waals surface area contributed by atoms with Gasteiger partial charge in [0.1, 0.15) is 5.82 Å². The van der Waals surface area contributed by atoms with Crippen LogP contribution in [0.15, 0.2) is 48.5 Å². The Morgan fingerprint density at radius 3 is 2.31 bits per heavy atom. The van der Waals surface area contributed by atoms with Crippen LogP contribution in [0.5, 0.6) is 0 Å². The molecule has 154 valence electrons. The lowest BCUT2D eigenvalue weighted by Gasteiger charge is -2.55. The lowest BCUT2D eigenvalue weighted by molar-refractivity contribution is -0.151. The fraction of sp³-hybridized carbons (Fsp3) is 0.391. The normalized spacial score (nSPS) is 20.9. The third-order valence-corrected chi connectivity index (χ3v) is 5.76. The monoisotopic (exact) mass is 398 g/mol. The maximum Gasteiger partial charge on any atom is 0.222 e. The topological polar surface area (TPSA) is 60.9 Å². The number of rotatable bonds is 6. The van der Waals surface area contributed by atoms with Crippen LogP contribution in [0.25, 0.3) is 11.1 Å². The Kier molecular flexibility index (Phi) is 6.33. The van der Waals surface area contributed by atoms with Crippen LogP contribution in [0.2, 0.25) is 0 Å². The summed E-state index contributed by atoms with van der Waals surface area (Å²) in [6.07, 6.45) is 0.398. The predicted molar refractivity (Wildman–Crippen MR) is 110 cm³/mol. The maximum absolute atomic E-state index is 14.1. The molecule has 0 unspecified atom stereocenters. The zero-order valence-electron chi connectivity index (χ0n) is 17.0. The molecule has 0 saturated carbocycles. The first kappa shape index (κ1) is 21.0. The predicted octanol–water partition coefficient (Wildman–Crippen LogP) is 3.04. The number of carbonyl (C=O) groups is 2. The molecule has 2 amide bonds. The molecule has 1 saturated heterocycles. The second kappa shape index (κ2) is 8.74. The molecule has 1 N–H and O–H groups in total. The fourth-order valence-electron chi connectivity index (χ4n) is 4.29. The van der Waals surface area contributed by atoms with Crippen LogP contribution >= 0.6 is 0 Å². The molecule has 0 bridgehead atoms. The van der Waals surface area contributed by atoms with Gasteiger partial charge in [-0.05, 0) is 17.2 Å². The number of carbonyl (C=O) groups excluding carboxylic acids is 2. The van der Waals surface area contributed by atoms with E-state index >= 15 is 0 Å². The van der Waals surface area contributed by atoms with E-state index in [2.05, 4.69) is 0 Å². The summed E-state index contributed by atoms with van der Waals surface area (Å²) >= 11 is 0. The van der Waals surface area contributed by atoms with E-state index in [1.165, 1.54) is 13.0 Å². The molecule has 0 aromatic heterocycles. The molecule has 0 spiro atoms. The summed E-state index contributed by atoms with van der Waals surface area (Å²) in [5, 5.41) is 9.89. The van der Waals surface area contributed by atoms with Gasteiger partial charge in [-0.2, -0.15) is 0 Å². The molecule has 29 heavy (non-hydrogen) atoms. The summed E-state index contributed by atoms with van der Waals surface area (Å²) in [7, 11) is 1.73. The molecule has 3 rings (SSSR count). The van der Waals surface area contributed by atoms with Gasteiger partial charge < -0.3 is 14.9 Å². The first-order chi connectivity index (χ1) is 13.9. The summed E-state index contributed by atoms with van der Waals surface area (Å²) in [6.45, 7) is 3.54. The fourth-order valence-corrected chi connectivity index (χ4v) is 4.29. The average molecular weight is 398 g/mol. The molecule has 1 heterocycles. The van der Waals surface area contributed by atoms with E-state index in [4.69, 9.17) is 0 Å². The van der Waals surface area contributed by atoms with Gasteiger partial charge in [0.15, 0.2) is 0 Å². The number of likely N-dealkylation sites (N-methyl/N-ethyl adjacent to an activating group) is 1. The third-order valence-electron chi connectivity index (χ3n) is 5.76. The minimum absolute atomic E-state index is 0.00889. The molecule has 6 heteroatoms. The van der Waals surface area contributed by atoms with Gasteiger partial charge in [0, 0.05) is 38.4 Å². The van der Waals surface area contributed by atoms with Crippen LogP contribution in [0, 0.1) is 5.82 Å². The van der Waals surface area contributed by atoms with Crippen molar-refractivity contribution in [3.63, 3.8) is 0 Å². The highest BCUT2D eigenvalue weighted by atomic mass is 19.1. The molecule has 5 nitrogen and oxygen atoms in total. The Morgan fingerprint density at radius 2 is 1.76 bits per heavy atom. The van der Waals surface area contributed by atoms with E-state index in [1.54, 1.807) is 42.0 Å². The first-order valence-corrected chi connectivity index (χ1v) is 9.87. The lowest BCUT2D eigenvalue weighted by Crippen LogP contribution is -2.68. The molecule has 1 fully saturated rings. The van der Waals surface area contributed by atoms with Gasteiger partial charge >= 0.3 is 0 Å². The summed E-state index contributed by atoms with van der Waals surface area (Å²) in [6, 6.07) is 13.6. The minimum Gasteiger partial charge on any atom is -0.394 e. The van der Waals surface area contributed by atoms with Crippen molar-refractivity contribution in [2.45, 2.75) is 38.3 Å². The van der Waals surface area contributed by atoms with Crippen LogP contribution < -0.4 is 0 Å². The Morgan fingerprint density at radius 1 is 1.10 bits per heavy atom. The van der Waals surface area contributed by atoms with Crippen molar-refractivity contribution >= 4 is 11.8 Å². The van der Waals surface area contributed by atoms with Crippen LogP contribution in [-0.2, 0) is 9.59 Å². The molecule has 3 atom stereocenters. The number of nitrogens with zero attached hydrogens (tertiary/aromatic N) is 2. The van der Waals surface area contributed by atoms with Gasteiger partial charge in [0.25, 0.3) is 0 Å². The molecular weight excluding hydrogens is 371 g/mol. The number of aliphatic hydroxyl groups is 1. The number of halogens is 1. The van der Waals surface area contributed by atoms with E-state index in [0.29, 0.717) is 18.5 Å². The van der Waals surface area contributed by atoms with Gasteiger partial charge in [-0.25, -0.2) is 4.39 Å². The quantitative estimate of drug-likeness (QED) is 0.814. The standard InChI is InChI=1S/C23H27FN2O3/c1-4-22(29)25(3)13-20-23(21(14-27)26(20)15(2)28)17-11-9-16(10-12-17)18-7-5-6-8-19(18)24/h5-12,20-21,23,27H,4,13-14H2,1-3H3/t20-,21+,23-/m0/s1. The Bertz CT molecular complexity index is 884. The largest absolute Gasteiger partial charge is 0.394 e. The van der Waals surface area contributed by atoms with Crippen LogP contribution in [0.3, 0.4) is 0 Å². The van der Waals surface area contributed by atoms with Crippen molar-refractivity contribution < 1.29 is 19.1 Å². The summed E-state index contributed by atoms with van der Waals surface area (Å²) < 4.78 is 14.1. The van der Waals surface area contributed by atoms with E-state index in [9.17, 15) is 19.1 Å². The highest BCUT2D eigenvalue weighted by Crippen LogP contribution is 2.41. The zero-order valence-corrected chi connectivity index (χ0v) is 17.0. The van der Waals surface area contributed by atoms with E-state index in [1.807, 2.05) is 24.3 Å². The van der Waals surface area contributed by atoms with Gasteiger partial charge in [-0.1, -0.05) is 49.4 Å². The van der Waals surface area contributed by atoms with Gasteiger partial charge in [0.2, 0.25) is 11.8 Å². The highest BCUT2D eigenvalue weighted by Gasteiger charge is 2.50. The lowest BCUT2D eigenvalue weighted by atomic mass is 9.74. The molecule has 1 aliphatic heterocycles. The Labute approximate surface area is 170 Å². The molecule has 2 aromatic carbocycles. The SMILES string of the molecule is CCC(=O)N(C)C[C@H]1[C@H](c2ccc(-c3ccccc3F)cc2)[C@@H](CO)N1C(C)=O. The molecule has 1 aliphatic rings. The summed E-state index contributed by atoms with van der Waals surface area (Å²) in [5.41, 5.74) is 2.26. The average Bonchev–Trinajstić information content (AvgIpc) is 2.70. The molecule has 0 radical (unpaired) electrons. The van der Waals surface area contributed by atoms with Crippen molar-refractivity contribution in [1.82, 2.24) is 9.80 Å². The van der Waals surface area contributed by atoms with Crippen LogP contribution in [0.4, 0.5) is 4.39 Å². The summed E-state index contributed by atoms with van der Waals surface area (Å²) in [5.74, 6) is -0.483.